The maximum Gasteiger partial charge on any atom is 0.113 e. The van der Waals surface area contributed by atoms with E-state index in [0.717, 1.165) is 45.2 Å². The van der Waals surface area contributed by atoms with Crippen molar-refractivity contribution < 1.29 is 0 Å². The Balaban J connectivity index is 1.41. The number of nitrogens with zero attached hydrogens (tertiary/aromatic N) is 3. The number of pyridine rings is 2. The quantitative estimate of drug-likeness (QED) is 0.567. The van der Waals surface area contributed by atoms with Gasteiger partial charge in [-0.15, -0.1) is 0 Å². The number of rotatable bonds is 4. The number of hydrogen-bond acceptors (Lipinski definition) is 3. The van der Waals surface area contributed by atoms with Crippen molar-refractivity contribution in [2.24, 2.45) is 0 Å². The molecule has 0 amide bonds. The lowest BCUT2D eigenvalue weighted by Crippen LogP contribution is -2.21. The Bertz CT molecular complexity index is 1020. The van der Waals surface area contributed by atoms with E-state index in [-0.39, 0.29) is 0 Å². The fourth-order valence-electron chi connectivity index (χ4n) is 3.47. The van der Waals surface area contributed by atoms with Crippen LogP contribution in [-0.2, 0) is 0 Å². The minimum absolute atomic E-state index is 0.729. The van der Waals surface area contributed by atoms with Gasteiger partial charge in [0.05, 0.1) is 0 Å². The van der Waals surface area contributed by atoms with Crippen LogP contribution in [0.25, 0.3) is 11.1 Å². The highest BCUT2D eigenvalue weighted by Gasteiger charge is 2.12. The summed E-state index contributed by atoms with van der Waals surface area (Å²) in [7, 11) is 0. The molecule has 1 fully saturated rings. The molecule has 0 spiro atoms. The van der Waals surface area contributed by atoms with E-state index in [1.54, 1.807) is 0 Å². The summed E-state index contributed by atoms with van der Waals surface area (Å²) in [4.78, 5) is 11.5. The zero-order chi connectivity index (χ0) is 20.1. The number of halogens is 1. The first-order chi connectivity index (χ1) is 14.2. The van der Waals surface area contributed by atoms with Crippen molar-refractivity contribution in [1.29, 1.82) is 0 Å². The lowest BCUT2D eigenvalue weighted by atomic mass is 10.1. The molecule has 0 atom stereocenters. The van der Waals surface area contributed by atoms with Crippen LogP contribution >= 0.6 is 11.6 Å². The summed E-state index contributed by atoms with van der Waals surface area (Å²) in [5, 5.41) is 0.729. The normalized spacial score (nSPS) is 13.9. The van der Waals surface area contributed by atoms with Gasteiger partial charge in [-0.05, 0) is 74.2 Å². The fourth-order valence-corrected chi connectivity index (χ4v) is 3.59. The summed E-state index contributed by atoms with van der Waals surface area (Å²) in [5.74, 6) is 6.31. The lowest BCUT2D eigenvalue weighted by molar-refractivity contribution is 0.368. The van der Waals surface area contributed by atoms with Gasteiger partial charge in [-0.1, -0.05) is 35.7 Å². The van der Waals surface area contributed by atoms with Crippen LogP contribution in [0.3, 0.4) is 0 Å². The predicted octanol–water partition coefficient (Wildman–Crippen LogP) is 5.15. The molecule has 1 saturated heterocycles. The fraction of sp³-hybridized carbons (Fsp3) is 0.240. The first-order valence-electron chi connectivity index (χ1n) is 9.93. The van der Waals surface area contributed by atoms with Crippen LogP contribution in [0, 0.1) is 25.2 Å². The second-order valence-corrected chi connectivity index (χ2v) is 7.76. The average Bonchev–Trinajstić information content (AvgIpc) is 3.26. The molecule has 4 heteroatoms. The maximum atomic E-state index is 5.95. The van der Waals surface area contributed by atoms with E-state index in [2.05, 4.69) is 46.1 Å². The minimum Gasteiger partial charge on any atom is -0.303 e. The van der Waals surface area contributed by atoms with Crippen LogP contribution in [0.2, 0.25) is 5.02 Å². The molecule has 1 radical (unpaired) electrons. The Morgan fingerprint density at radius 3 is 2.41 bits per heavy atom. The molecule has 4 rings (SSSR count). The van der Waals surface area contributed by atoms with Crippen LogP contribution in [0.1, 0.15) is 35.4 Å². The van der Waals surface area contributed by atoms with Gasteiger partial charge in [0.1, 0.15) is 5.69 Å². The number of aryl methyl sites for hydroxylation is 1. The largest absolute Gasteiger partial charge is 0.303 e. The summed E-state index contributed by atoms with van der Waals surface area (Å²) >= 11 is 5.95. The SMILES string of the molecule is Cc1cc(C#Cc2ccc(-c3ccc(Cl)cc3)cn2)cnc1[CH]CN1CCCC1. The maximum absolute atomic E-state index is 5.95. The van der Waals surface area contributed by atoms with E-state index in [1.807, 2.05) is 48.8 Å². The summed E-state index contributed by atoms with van der Waals surface area (Å²) in [6.45, 7) is 5.46. The van der Waals surface area contributed by atoms with Crippen LogP contribution in [0.5, 0.6) is 0 Å². The predicted molar refractivity (Wildman–Crippen MR) is 119 cm³/mol. The summed E-state index contributed by atoms with van der Waals surface area (Å²) in [6, 6.07) is 13.8. The Hall–Kier alpha value is -2.67. The molecule has 0 N–H and O–H groups in total. The van der Waals surface area contributed by atoms with Gasteiger partial charge in [0.2, 0.25) is 0 Å². The Morgan fingerprint density at radius 1 is 0.966 bits per heavy atom. The third-order valence-corrected chi connectivity index (χ3v) is 5.39. The second-order valence-electron chi connectivity index (χ2n) is 7.33. The highest BCUT2D eigenvalue weighted by atomic mass is 35.5. The molecule has 0 bridgehead atoms. The van der Waals surface area contributed by atoms with E-state index >= 15 is 0 Å². The van der Waals surface area contributed by atoms with Crippen LogP contribution < -0.4 is 0 Å². The molecular weight excluding hydrogens is 378 g/mol. The van der Waals surface area contributed by atoms with Gasteiger partial charge in [-0.25, -0.2) is 4.98 Å². The highest BCUT2D eigenvalue weighted by molar-refractivity contribution is 6.30. The van der Waals surface area contributed by atoms with Gasteiger partial charge < -0.3 is 4.90 Å². The van der Waals surface area contributed by atoms with Crippen LogP contribution in [-0.4, -0.2) is 34.5 Å². The molecule has 0 aliphatic carbocycles. The van der Waals surface area contributed by atoms with Gasteiger partial charge in [-0.3, -0.25) is 4.98 Å². The summed E-state index contributed by atoms with van der Waals surface area (Å²) in [6.07, 6.45) is 8.52. The third-order valence-electron chi connectivity index (χ3n) is 5.14. The smallest absolute Gasteiger partial charge is 0.113 e. The molecule has 1 aliphatic rings. The Morgan fingerprint density at radius 2 is 1.72 bits per heavy atom. The second kappa shape index (κ2) is 9.22. The molecule has 3 heterocycles. The van der Waals surface area contributed by atoms with Crippen molar-refractivity contribution in [3.8, 4) is 23.0 Å². The zero-order valence-electron chi connectivity index (χ0n) is 16.5. The van der Waals surface area contributed by atoms with E-state index in [4.69, 9.17) is 11.6 Å². The van der Waals surface area contributed by atoms with Gasteiger partial charge in [0.25, 0.3) is 0 Å². The van der Waals surface area contributed by atoms with Crippen molar-refractivity contribution in [2.45, 2.75) is 19.8 Å². The zero-order valence-corrected chi connectivity index (χ0v) is 17.3. The van der Waals surface area contributed by atoms with E-state index in [1.165, 1.54) is 25.9 Å². The molecule has 1 aliphatic heterocycles. The van der Waals surface area contributed by atoms with Crippen molar-refractivity contribution in [2.75, 3.05) is 19.6 Å². The van der Waals surface area contributed by atoms with E-state index in [9.17, 15) is 0 Å². The molecule has 3 aromatic rings. The van der Waals surface area contributed by atoms with Crippen LogP contribution in [0.15, 0.2) is 54.9 Å². The Labute approximate surface area is 177 Å². The van der Waals surface area contributed by atoms with Crippen molar-refractivity contribution in [3.05, 3.63) is 88.8 Å². The van der Waals surface area contributed by atoms with E-state index in [0.29, 0.717) is 0 Å². The van der Waals surface area contributed by atoms with Crippen molar-refractivity contribution >= 4 is 11.6 Å². The molecule has 29 heavy (non-hydrogen) atoms. The molecule has 0 saturated carbocycles. The molecule has 1 aromatic carbocycles. The number of likely N-dealkylation sites (tertiary alicyclic amines) is 1. The van der Waals surface area contributed by atoms with Gasteiger partial charge >= 0.3 is 0 Å². The standard InChI is InChI=1S/C25H23ClN3/c1-19-16-20(17-28-25(19)12-15-29-13-2-3-14-29)4-10-24-11-7-22(18-27-24)21-5-8-23(26)9-6-21/h5-9,11-12,16-18H,2-3,13-15H2,1H3. The molecule has 0 unspecified atom stereocenters. The third kappa shape index (κ3) is 5.23. The monoisotopic (exact) mass is 400 g/mol. The van der Waals surface area contributed by atoms with E-state index < -0.39 is 0 Å². The molecule has 3 nitrogen and oxygen atoms in total. The minimum atomic E-state index is 0.729. The van der Waals surface area contributed by atoms with Crippen molar-refractivity contribution in [1.82, 2.24) is 14.9 Å². The first-order valence-corrected chi connectivity index (χ1v) is 10.3. The summed E-state index contributed by atoms with van der Waals surface area (Å²) < 4.78 is 0. The average molecular weight is 401 g/mol. The number of hydrogen-bond donors (Lipinski definition) is 0. The number of benzene rings is 1. The molecule has 145 valence electrons. The number of aromatic nitrogens is 2. The highest BCUT2D eigenvalue weighted by Crippen LogP contribution is 2.20. The lowest BCUT2D eigenvalue weighted by Gasteiger charge is -2.14. The first kappa shape index (κ1) is 19.6. The molecule has 2 aromatic heterocycles. The molecular formula is C25H23ClN3. The van der Waals surface area contributed by atoms with Gasteiger partial charge in [0, 0.05) is 47.2 Å². The Kier molecular flexibility index (Phi) is 6.24. The summed E-state index contributed by atoms with van der Waals surface area (Å²) in [5.41, 5.74) is 5.98. The van der Waals surface area contributed by atoms with Crippen LogP contribution in [0.4, 0.5) is 0 Å². The van der Waals surface area contributed by atoms with Gasteiger partial charge in [0.15, 0.2) is 0 Å². The topological polar surface area (TPSA) is 29.0 Å². The van der Waals surface area contributed by atoms with Crippen molar-refractivity contribution in [3.63, 3.8) is 0 Å². The van der Waals surface area contributed by atoms with Gasteiger partial charge in [-0.2, -0.15) is 0 Å².